The van der Waals surface area contributed by atoms with E-state index in [4.69, 9.17) is 17.0 Å². The van der Waals surface area contributed by atoms with Crippen LogP contribution < -0.4 is 15.4 Å². The third-order valence-corrected chi connectivity index (χ3v) is 4.29. The Bertz CT molecular complexity index is 1010. The van der Waals surface area contributed by atoms with E-state index in [2.05, 4.69) is 17.2 Å². The lowest BCUT2D eigenvalue weighted by atomic mass is 10.0. The van der Waals surface area contributed by atoms with Gasteiger partial charge in [0, 0.05) is 5.69 Å². The average Bonchev–Trinajstić information content (AvgIpc) is 2.67. The standard InChI is InChI=1S/C23H22N2O2S/c1-16(2)15-27-20-12-10-19(11-13-20)24-23(28)25-22(26)14-18-8-5-7-17-6-3-4-9-21(17)18/h3-13H,1,14-15H2,2H3,(H2,24,25,26,28). The Kier molecular flexibility index (Phi) is 6.40. The molecular formula is C23H22N2O2S. The van der Waals surface area contributed by atoms with Gasteiger partial charge in [-0.05, 0) is 65.3 Å². The Morgan fingerprint density at radius 3 is 2.50 bits per heavy atom. The maximum Gasteiger partial charge on any atom is 0.230 e. The average molecular weight is 391 g/mol. The maximum absolute atomic E-state index is 12.4. The lowest BCUT2D eigenvalue weighted by Gasteiger charge is -2.11. The molecule has 0 saturated heterocycles. The van der Waals surface area contributed by atoms with Crippen LogP contribution in [0.5, 0.6) is 5.75 Å². The number of carbonyl (C=O) groups is 1. The number of anilines is 1. The highest BCUT2D eigenvalue weighted by atomic mass is 32.1. The van der Waals surface area contributed by atoms with E-state index in [0.717, 1.165) is 33.3 Å². The molecule has 0 saturated carbocycles. The van der Waals surface area contributed by atoms with Crippen molar-refractivity contribution >= 4 is 39.7 Å². The molecule has 4 nitrogen and oxygen atoms in total. The van der Waals surface area contributed by atoms with Gasteiger partial charge in [0.15, 0.2) is 5.11 Å². The number of hydrogen-bond donors (Lipinski definition) is 2. The number of rotatable bonds is 6. The Balaban J connectivity index is 1.55. The second-order valence-electron chi connectivity index (χ2n) is 6.59. The maximum atomic E-state index is 12.4. The number of ether oxygens (including phenoxy) is 1. The minimum atomic E-state index is -0.157. The van der Waals surface area contributed by atoms with Crippen molar-refractivity contribution in [2.45, 2.75) is 13.3 Å². The van der Waals surface area contributed by atoms with Gasteiger partial charge in [-0.3, -0.25) is 4.79 Å². The normalized spacial score (nSPS) is 10.3. The van der Waals surface area contributed by atoms with E-state index in [-0.39, 0.29) is 17.4 Å². The first-order valence-electron chi connectivity index (χ1n) is 8.96. The molecule has 0 atom stereocenters. The molecular weight excluding hydrogens is 368 g/mol. The summed E-state index contributed by atoms with van der Waals surface area (Å²) >= 11 is 5.26. The predicted octanol–water partition coefficient (Wildman–Crippen LogP) is 4.85. The molecule has 0 radical (unpaired) electrons. The molecule has 1 amide bonds. The third-order valence-electron chi connectivity index (χ3n) is 4.08. The fourth-order valence-electron chi connectivity index (χ4n) is 2.79. The van der Waals surface area contributed by atoms with Gasteiger partial charge in [-0.1, -0.05) is 49.0 Å². The number of nitrogens with one attached hydrogen (secondary N) is 2. The summed E-state index contributed by atoms with van der Waals surface area (Å²) in [5.41, 5.74) is 2.70. The highest BCUT2D eigenvalue weighted by Crippen LogP contribution is 2.19. The van der Waals surface area contributed by atoms with Crippen molar-refractivity contribution in [3.63, 3.8) is 0 Å². The molecule has 142 valence electrons. The molecule has 0 fully saturated rings. The SMILES string of the molecule is C=C(C)COc1ccc(NC(=S)NC(=O)Cc2cccc3ccccc23)cc1. The summed E-state index contributed by atoms with van der Waals surface area (Å²) in [7, 11) is 0. The fraction of sp³-hybridized carbons (Fsp3) is 0.130. The van der Waals surface area contributed by atoms with Crippen molar-refractivity contribution in [3.05, 3.63) is 84.4 Å². The minimum absolute atomic E-state index is 0.157. The summed E-state index contributed by atoms with van der Waals surface area (Å²) in [4.78, 5) is 12.4. The molecule has 5 heteroatoms. The molecule has 3 aromatic rings. The van der Waals surface area contributed by atoms with Crippen LogP contribution in [-0.2, 0) is 11.2 Å². The van der Waals surface area contributed by atoms with Crippen molar-refractivity contribution in [1.29, 1.82) is 0 Å². The van der Waals surface area contributed by atoms with Gasteiger partial charge < -0.3 is 15.4 Å². The van der Waals surface area contributed by atoms with Gasteiger partial charge >= 0.3 is 0 Å². The Labute approximate surface area is 170 Å². The number of thiocarbonyl (C=S) groups is 1. The smallest absolute Gasteiger partial charge is 0.230 e. The first-order valence-corrected chi connectivity index (χ1v) is 9.37. The van der Waals surface area contributed by atoms with Crippen LogP contribution in [0.4, 0.5) is 5.69 Å². The molecule has 2 N–H and O–H groups in total. The summed E-state index contributed by atoms with van der Waals surface area (Å²) in [6.07, 6.45) is 0.261. The van der Waals surface area contributed by atoms with Crippen LogP contribution >= 0.6 is 12.2 Å². The second-order valence-corrected chi connectivity index (χ2v) is 7.00. The van der Waals surface area contributed by atoms with E-state index >= 15 is 0 Å². The number of fused-ring (bicyclic) bond motifs is 1. The lowest BCUT2D eigenvalue weighted by molar-refractivity contribution is -0.119. The van der Waals surface area contributed by atoms with Crippen molar-refractivity contribution in [2.75, 3.05) is 11.9 Å². The summed E-state index contributed by atoms with van der Waals surface area (Å²) < 4.78 is 5.56. The lowest BCUT2D eigenvalue weighted by Crippen LogP contribution is -2.35. The first kappa shape index (κ1) is 19.6. The van der Waals surface area contributed by atoms with Crippen molar-refractivity contribution in [1.82, 2.24) is 5.32 Å². The number of benzene rings is 3. The van der Waals surface area contributed by atoms with E-state index in [1.54, 1.807) is 0 Å². The molecule has 3 rings (SSSR count). The van der Waals surface area contributed by atoms with Crippen LogP contribution in [0, 0.1) is 0 Å². The number of carbonyl (C=O) groups excluding carboxylic acids is 1. The Morgan fingerprint density at radius 2 is 1.75 bits per heavy atom. The summed E-state index contributed by atoms with van der Waals surface area (Å²) in [6, 6.07) is 21.3. The van der Waals surface area contributed by atoms with Gasteiger partial charge in [0.05, 0.1) is 6.42 Å². The molecule has 0 heterocycles. The highest BCUT2D eigenvalue weighted by molar-refractivity contribution is 7.80. The van der Waals surface area contributed by atoms with E-state index in [1.165, 1.54) is 0 Å². The summed E-state index contributed by atoms with van der Waals surface area (Å²) in [5.74, 6) is 0.592. The molecule has 28 heavy (non-hydrogen) atoms. The quantitative estimate of drug-likeness (QED) is 0.467. The van der Waals surface area contributed by atoms with E-state index < -0.39 is 0 Å². The Morgan fingerprint density at radius 1 is 1.04 bits per heavy atom. The van der Waals surface area contributed by atoms with Crippen LogP contribution in [-0.4, -0.2) is 17.6 Å². The van der Waals surface area contributed by atoms with Crippen LogP contribution in [0.15, 0.2) is 78.9 Å². The van der Waals surface area contributed by atoms with Crippen molar-refractivity contribution in [3.8, 4) is 5.75 Å². The predicted molar refractivity (Wildman–Crippen MR) is 119 cm³/mol. The van der Waals surface area contributed by atoms with Gasteiger partial charge in [-0.25, -0.2) is 0 Å². The van der Waals surface area contributed by atoms with E-state index in [1.807, 2.05) is 73.7 Å². The molecule has 3 aromatic carbocycles. The molecule has 0 aliphatic rings. The molecule has 0 spiro atoms. The first-order chi connectivity index (χ1) is 13.5. The van der Waals surface area contributed by atoms with Gasteiger partial charge in [-0.15, -0.1) is 0 Å². The zero-order valence-electron chi connectivity index (χ0n) is 15.7. The Hall–Kier alpha value is -3.18. The summed E-state index contributed by atoms with van der Waals surface area (Å²) in [5, 5.41) is 8.20. The van der Waals surface area contributed by atoms with E-state index in [9.17, 15) is 4.79 Å². The van der Waals surface area contributed by atoms with Gasteiger partial charge in [-0.2, -0.15) is 0 Å². The molecule has 0 bridgehead atoms. The van der Waals surface area contributed by atoms with Crippen molar-refractivity contribution < 1.29 is 9.53 Å². The molecule has 0 aromatic heterocycles. The van der Waals surface area contributed by atoms with Gasteiger partial charge in [0.2, 0.25) is 5.91 Å². The summed E-state index contributed by atoms with van der Waals surface area (Å²) in [6.45, 7) is 6.20. The highest BCUT2D eigenvalue weighted by Gasteiger charge is 2.09. The minimum Gasteiger partial charge on any atom is -0.489 e. The largest absolute Gasteiger partial charge is 0.489 e. The molecule has 0 aliphatic heterocycles. The van der Waals surface area contributed by atoms with Crippen LogP contribution in [0.1, 0.15) is 12.5 Å². The third kappa shape index (κ3) is 5.41. The van der Waals surface area contributed by atoms with Gasteiger partial charge in [0.1, 0.15) is 12.4 Å². The van der Waals surface area contributed by atoms with Crippen LogP contribution in [0.3, 0.4) is 0 Å². The van der Waals surface area contributed by atoms with Crippen molar-refractivity contribution in [2.24, 2.45) is 0 Å². The second kappa shape index (κ2) is 9.15. The fourth-order valence-corrected chi connectivity index (χ4v) is 3.03. The molecule has 0 unspecified atom stereocenters. The van der Waals surface area contributed by atoms with Gasteiger partial charge in [0.25, 0.3) is 0 Å². The van der Waals surface area contributed by atoms with Crippen LogP contribution in [0.2, 0.25) is 0 Å². The topological polar surface area (TPSA) is 50.4 Å². The number of hydrogen-bond acceptors (Lipinski definition) is 3. The zero-order valence-corrected chi connectivity index (χ0v) is 16.5. The monoisotopic (exact) mass is 390 g/mol. The number of amides is 1. The molecule has 0 aliphatic carbocycles. The van der Waals surface area contributed by atoms with E-state index in [0.29, 0.717) is 6.61 Å². The van der Waals surface area contributed by atoms with Crippen LogP contribution in [0.25, 0.3) is 10.8 Å². The zero-order chi connectivity index (χ0) is 19.9.